The van der Waals surface area contributed by atoms with Gasteiger partial charge in [-0.2, -0.15) is 0 Å². The molecule has 0 bridgehead atoms. The molecule has 1 aromatic heterocycles. The van der Waals surface area contributed by atoms with Crippen molar-refractivity contribution in [2.75, 3.05) is 74.4 Å². The summed E-state index contributed by atoms with van der Waals surface area (Å²) in [4.78, 5) is 36.7. The third-order valence-corrected chi connectivity index (χ3v) is 7.18. The van der Waals surface area contributed by atoms with Crippen molar-refractivity contribution in [3.05, 3.63) is 52.8 Å². The number of aromatic nitrogens is 2. The number of piperazine rings is 1. The van der Waals surface area contributed by atoms with Gasteiger partial charge in [0.05, 0.1) is 19.9 Å². The molecule has 0 unspecified atom stereocenters. The number of carbonyl (C=O) groups is 2. The van der Waals surface area contributed by atoms with Gasteiger partial charge in [0.2, 0.25) is 0 Å². The second-order valence-electron chi connectivity index (χ2n) is 9.15. The maximum atomic E-state index is 13.0. The average molecular weight is 621 g/mol. The first-order valence-electron chi connectivity index (χ1n) is 13.1. The molecule has 1 aliphatic rings. The Morgan fingerprint density at radius 2 is 1.57 bits per heavy atom. The highest BCUT2D eigenvalue weighted by molar-refractivity contribution is 6.41. The molecular weight excluding hydrogens is 585 g/mol. The molecule has 0 radical (unpaired) electrons. The van der Waals surface area contributed by atoms with E-state index in [0.29, 0.717) is 23.1 Å². The maximum absolute atomic E-state index is 13.0. The zero-order valence-corrected chi connectivity index (χ0v) is 25.7. The van der Waals surface area contributed by atoms with E-state index < -0.39 is 12.0 Å². The Labute approximate surface area is 255 Å². The lowest BCUT2D eigenvalue weighted by Gasteiger charge is -2.35. The number of carboxylic acids is 1. The van der Waals surface area contributed by atoms with Gasteiger partial charge >= 0.3 is 6.03 Å². The number of anilines is 5. The van der Waals surface area contributed by atoms with E-state index >= 15 is 0 Å². The number of nitrogens with zero attached hydrogens (tertiary/aromatic N) is 5. The predicted octanol–water partition coefficient (Wildman–Crippen LogP) is 5.45. The number of urea groups is 1. The molecule has 0 saturated carbocycles. The molecule has 0 atom stereocenters. The molecule has 2 heterocycles. The van der Waals surface area contributed by atoms with Crippen LogP contribution in [0.15, 0.2) is 42.7 Å². The van der Waals surface area contributed by atoms with Crippen LogP contribution in [0.25, 0.3) is 0 Å². The van der Waals surface area contributed by atoms with Gasteiger partial charge in [0, 0.05) is 63.7 Å². The zero-order chi connectivity index (χ0) is 30.8. The van der Waals surface area contributed by atoms with Crippen molar-refractivity contribution in [1.82, 2.24) is 14.9 Å². The number of amides is 2. The van der Waals surface area contributed by atoms with Crippen molar-refractivity contribution < 1.29 is 24.2 Å². The minimum Gasteiger partial charge on any atom is -0.495 e. The summed E-state index contributed by atoms with van der Waals surface area (Å²) >= 11 is 12.8. The minimum absolute atomic E-state index is 0.154. The number of benzene rings is 2. The molecule has 0 aliphatic carbocycles. The number of nitrogens with one attached hydrogen (secondary N) is 2. The number of rotatable bonds is 8. The van der Waals surface area contributed by atoms with Gasteiger partial charge in [-0.3, -0.25) is 9.69 Å². The van der Waals surface area contributed by atoms with Crippen molar-refractivity contribution in [2.45, 2.75) is 13.8 Å². The molecule has 1 aliphatic heterocycles. The van der Waals surface area contributed by atoms with E-state index in [1.165, 1.54) is 31.1 Å². The summed E-state index contributed by atoms with van der Waals surface area (Å²) in [6.45, 7) is 8.55. The predicted molar refractivity (Wildman–Crippen MR) is 166 cm³/mol. The Hall–Kier alpha value is -4.00. The van der Waals surface area contributed by atoms with Crippen molar-refractivity contribution in [3.63, 3.8) is 0 Å². The summed E-state index contributed by atoms with van der Waals surface area (Å²) in [6, 6.07) is 10.9. The monoisotopic (exact) mass is 619 g/mol. The van der Waals surface area contributed by atoms with Gasteiger partial charge in [-0.25, -0.2) is 14.8 Å². The minimum atomic E-state index is -0.833. The molecule has 1 saturated heterocycles. The third-order valence-electron chi connectivity index (χ3n) is 6.43. The lowest BCUT2D eigenvalue weighted by Crippen LogP contribution is -2.46. The first-order valence-corrected chi connectivity index (χ1v) is 13.8. The van der Waals surface area contributed by atoms with Gasteiger partial charge in [0.25, 0.3) is 5.97 Å². The summed E-state index contributed by atoms with van der Waals surface area (Å²) in [7, 11) is 4.50. The molecule has 42 heavy (non-hydrogen) atoms. The number of hydrogen-bond donors (Lipinski definition) is 3. The van der Waals surface area contributed by atoms with E-state index in [2.05, 4.69) is 49.5 Å². The summed E-state index contributed by atoms with van der Waals surface area (Å²) in [6.07, 6.45) is 1.39. The Balaban J connectivity index is 0.00000114. The zero-order valence-electron chi connectivity index (χ0n) is 24.1. The largest absolute Gasteiger partial charge is 0.495 e. The number of aliphatic carboxylic acids is 1. The van der Waals surface area contributed by atoms with Crippen molar-refractivity contribution in [1.29, 1.82) is 0 Å². The first kappa shape index (κ1) is 32.5. The molecule has 12 nitrogen and oxygen atoms in total. The highest BCUT2D eigenvalue weighted by Gasteiger charge is 2.22. The second kappa shape index (κ2) is 15.3. The van der Waals surface area contributed by atoms with E-state index in [1.807, 2.05) is 12.1 Å². The van der Waals surface area contributed by atoms with E-state index in [9.17, 15) is 4.79 Å². The van der Waals surface area contributed by atoms with Crippen LogP contribution in [0.2, 0.25) is 10.0 Å². The normalized spacial score (nSPS) is 13.0. The van der Waals surface area contributed by atoms with E-state index in [1.54, 1.807) is 19.2 Å². The van der Waals surface area contributed by atoms with Gasteiger partial charge < -0.3 is 35.0 Å². The van der Waals surface area contributed by atoms with Crippen LogP contribution in [-0.2, 0) is 4.79 Å². The second-order valence-corrected chi connectivity index (χ2v) is 9.90. The van der Waals surface area contributed by atoms with Crippen LogP contribution in [0.5, 0.6) is 11.5 Å². The van der Waals surface area contributed by atoms with Crippen LogP contribution < -0.4 is 29.9 Å². The number of methoxy groups -OCH3 is 2. The SMILES string of the molecule is CC(=O)O.CCN1CCN(c2ccc(Nc3cc(N(C)C(=O)Nc4c(Cl)c(OC)cc(OC)c4Cl)ncn3)cc2)CC1. The number of halogens is 2. The number of likely N-dealkylation sites (N-methyl/N-ethyl adjacent to an activating group) is 1. The lowest BCUT2D eigenvalue weighted by molar-refractivity contribution is -0.134. The van der Waals surface area contributed by atoms with Crippen LogP contribution in [-0.4, -0.2) is 86.0 Å². The van der Waals surface area contributed by atoms with Crippen LogP contribution in [0, 0.1) is 0 Å². The molecule has 1 fully saturated rings. The first-order chi connectivity index (χ1) is 20.1. The van der Waals surface area contributed by atoms with Gasteiger partial charge in [-0.1, -0.05) is 30.1 Å². The summed E-state index contributed by atoms with van der Waals surface area (Å²) < 4.78 is 10.5. The summed E-state index contributed by atoms with van der Waals surface area (Å²) in [5.74, 6) is 0.702. The smallest absolute Gasteiger partial charge is 0.327 e. The number of ether oxygens (including phenoxy) is 2. The molecule has 2 aromatic carbocycles. The summed E-state index contributed by atoms with van der Waals surface area (Å²) in [5.41, 5.74) is 2.24. The van der Waals surface area contributed by atoms with Gasteiger partial charge in [0.1, 0.15) is 39.5 Å². The quantitative estimate of drug-likeness (QED) is 0.299. The summed E-state index contributed by atoms with van der Waals surface area (Å²) in [5, 5.41) is 13.7. The molecule has 0 spiro atoms. The topological polar surface area (TPSA) is 132 Å². The number of carbonyl (C=O) groups excluding carboxylic acids is 1. The lowest BCUT2D eigenvalue weighted by atomic mass is 10.2. The fourth-order valence-electron chi connectivity index (χ4n) is 4.11. The van der Waals surface area contributed by atoms with E-state index in [4.69, 9.17) is 42.6 Å². The molecule has 14 heteroatoms. The fraction of sp³-hybridized carbons (Fsp3) is 0.357. The molecule has 4 rings (SSSR count). The molecule has 2 amide bonds. The fourth-order valence-corrected chi connectivity index (χ4v) is 4.71. The Morgan fingerprint density at radius 3 is 2.10 bits per heavy atom. The number of carboxylic acid groups (broad SMARTS) is 1. The highest BCUT2D eigenvalue weighted by atomic mass is 35.5. The standard InChI is InChI=1S/C26H31Cl2N7O3.C2H4O2/c1-5-34-10-12-35(13-11-34)18-8-6-17(7-9-18)31-21-15-22(30-16-29-21)33(2)26(36)32-25-23(27)19(37-3)14-20(38-4)24(25)28;1-2(3)4/h6-9,14-16H,5,10-13H2,1-4H3,(H,32,36)(H,29,30,31);1H3,(H,3,4). The third kappa shape index (κ3) is 8.51. The maximum Gasteiger partial charge on any atom is 0.327 e. The van der Waals surface area contributed by atoms with Crippen molar-refractivity contribution in [3.8, 4) is 11.5 Å². The number of hydrogen-bond acceptors (Lipinski definition) is 9. The van der Waals surface area contributed by atoms with Crippen molar-refractivity contribution in [2.24, 2.45) is 0 Å². The van der Waals surface area contributed by atoms with Crippen LogP contribution in [0.4, 0.5) is 33.5 Å². The molecule has 3 N–H and O–H groups in total. The van der Waals surface area contributed by atoms with Gasteiger partial charge in [-0.05, 0) is 30.8 Å². The van der Waals surface area contributed by atoms with E-state index in [0.717, 1.165) is 45.3 Å². The average Bonchev–Trinajstić information content (AvgIpc) is 2.99. The molecular formula is C28H35Cl2N7O5. The molecule has 226 valence electrons. The van der Waals surface area contributed by atoms with Gasteiger partial charge in [0.15, 0.2) is 0 Å². The Bertz CT molecular complexity index is 1340. The van der Waals surface area contributed by atoms with E-state index in [-0.39, 0.29) is 15.7 Å². The molecule has 3 aromatic rings. The Kier molecular flexibility index (Phi) is 11.8. The Morgan fingerprint density at radius 1 is 1.00 bits per heavy atom. The van der Waals surface area contributed by atoms with Crippen LogP contribution in [0.1, 0.15) is 13.8 Å². The van der Waals surface area contributed by atoms with Crippen LogP contribution >= 0.6 is 23.2 Å². The van der Waals surface area contributed by atoms with Crippen LogP contribution in [0.3, 0.4) is 0 Å². The highest BCUT2D eigenvalue weighted by Crippen LogP contribution is 2.44. The van der Waals surface area contributed by atoms with Gasteiger partial charge in [-0.15, -0.1) is 0 Å². The van der Waals surface area contributed by atoms with Crippen molar-refractivity contribution >= 4 is 63.9 Å².